The summed E-state index contributed by atoms with van der Waals surface area (Å²) in [5.41, 5.74) is 1.98. The number of oxazole rings is 1. The molecule has 0 spiro atoms. The summed E-state index contributed by atoms with van der Waals surface area (Å²) in [5.74, 6) is -0.0528. The maximum Gasteiger partial charge on any atom is 0.311 e. The Morgan fingerprint density at radius 1 is 1.22 bits per heavy atom. The van der Waals surface area contributed by atoms with Crippen LogP contribution in [0.3, 0.4) is 0 Å². The number of amides is 1. The number of halogens is 2. The Labute approximate surface area is 195 Å². The first-order valence-corrected chi connectivity index (χ1v) is 10.6. The quantitative estimate of drug-likeness (QED) is 0.232. The third-order valence-corrected chi connectivity index (χ3v) is 5.34. The second-order valence-electron chi connectivity index (χ2n) is 6.65. The number of anilines is 1. The molecule has 0 aliphatic rings. The number of nitrogens with zero attached hydrogens (tertiary/aromatic N) is 2. The van der Waals surface area contributed by atoms with E-state index in [0.29, 0.717) is 33.3 Å². The van der Waals surface area contributed by atoms with Crippen molar-refractivity contribution in [3.8, 4) is 17.2 Å². The second-order valence-corrected chi connectivity index (χ2v) is 7.98. The van der Waals surface area contributed by atoms with Crippen LogP contribution in [0.25, 0.3) is 22.6 Å². The van der Waals surface area contributed by atoms with E-state index in [1.54, 1.807) is 37.3 Å². The molecule has 1 amide bonds. The molecule has 0 radical (unpaired) electrons. The second kappa shape index (κ2) is 8.97. The van der Waals surface area contributed by atoms with Gasteiger partial charge >= 0.3 is 5.69 Å². The van der Waals surface area contributed by atoms with Gasteiger partial charge < -0.3 is 14.5 Å². The molecule has 1 heterocycles. The fraction of sp³-hybridized carbons (Fsp3) is 0.0909. The Kier molecular flexibility index (Phi) is 6.11. The molecule has 0 aliphatic heterocycles. The zero-order chi connectivity index (χ0) is 22.8. The highest BCUT2D eigenvalue weighted by Crippen LogP contribution is 2.33. The van der Waals surface area contributed by atoms with E-state index in [0.717, 1.165) is 4.47 Å². The molecule has 0 fully saturated rings. The number of nitro benzene ring substituents is 1. The Morgan fingerprint density at radius 2 is 2.03 bits per heavy atom. The average molecular weight is 517 g/mol. The number of hydrogen-bond donors (Lipinski definition) is 1. The Morgan fingerprint density at radius 3 is 2.78 bits per heavy atom. The molecule has 4 aromatic rings. The van der Waals surface area contributed by atoms with Crippen LogP contribution in [0.4, 0.5) is 11.4 Å². The fourth-order valence-corrected chi connectivity index (χ4v) is 3.62. The highest BCUT2D eigenvalue weighted by molar-refractivity contribution is 9.10. The highest BCUT2D eigenvalue weighted by atomic mass is 79.9. The number of carbonyl (C=O) groups excluding carboxylic acids is 1. The molecule has 1 N–H and O–H groups in total. The van der Waals surface area contributed by atoms with Gasteiger partial charge in [0.1, 0.15) is 5.52 Å². The summed E-state index contributed by atoms with van der Waals surface area (Å²) in [6.45, 7) is 2.00. The number of nitrogens with one attached hydrogen (secondary N) is 1. The third kappa shape index (κ3) is 4.44. The minimum Gasteiger partial charge on any atom is -0.487 e. The third-order valence-electron chi connectivity index (χ3n) is 4.52. The van der Waals surface area contributed by atoms with Crippen molar-refractivity contribution in [1.29, 1.82) is 0 Å². The van der Waals surface area contributed by atoms with Gasteiger partial charge in [0.15, 0.2) is 11.3 Å². The summed E-state index contributed by atoms with van der Waals surface area (Å²) < 4.78 is 11.9. The summed E-state index contributed by atoms with van der Waals surface area (Å²) in [5, 5.41) is 14.5. The van der Waals surface area contributed by atoms with Crippen molar-refractivity contribution in [3.63, 3.8) is 0 Å². The van der Waals surface area contributed by atoms with Crippen LogP contribution in [0.1, 0.15) is 17.3 Å². The van der Waals surface area contributed by atoms with E-state index in [1.807, 2.05) is 6.07 Å². The molecule has 0 atom stereocenters. The van der Waals surface area contributed by atoms with Crippen LogP contribution in [0, 0.1) is 10.1 Å². The average Bonchev–Trinajstić information content (AvgIpc) is 3.19. The number of hydrogen-bond acceptors (Lipinski definition) is 6. The van der Waals surface area contributed by atoms with Gasteiger partial charge in [-0.2, -0.15) is 0 Å². The number of nitro groups is 1. The van der Waals surface area contributed by atoms with Crippen molar-refractivity contribution < 1.29 is 18.9 Å². The van der Waals surface area contributed by atoms with Crippen LogP contribution in [0.2, 0.25) is 5.02 Å². The van der Waals surface area contributed by atoms with Gasteiger partial charge in [0, 0.05) is 21.8 Å². The smallest absolute Gasteiger partial charge is 0.311 e. The molecule has 0 saturated carbocycles. The minimum absolute atomic E-state index is 0.108. The normalized spacial score (nSPS) is 10.8. The van der Waals surface area contributed by atoms with Gasteiger partial charge in [-0.1, -0.05) is 27.5 Å². The molecular weight excluding hydrogens is 502 g/mol. The predicted molar refractivity (Wildman–Crippen MR) is 124 cm³/mol. The zero-order valence-corrected chi connectivity index (χ0v) is 18.9. The Balaban J connectivity index is 1.61. The molecule has 0 unspecified atom stereocenters. The molecule has 3 aromatic carbocycles. The van der Waals surface area contributed by atoms with Crippen LogP contribution in [0.15, 0.2) is 63.5 Å². The number of ether oxygens (including phenoxy) is 1. The number of aromatic nitrogens is 1. The van der Waals surface area contributed by atoms with Gasteiger partial charge in [-0.05, 0) is 55.5 Å². The standard InChI is InChI=1S/C22H15BrClN3O5/c1-2-31-20-7-3-12(9-18(20)27(29)30)21(28)25-14-5-8-19-17(11-14)26-22(32-19)15-10-13(23)4-6-16(15)24/h3-11H,2H2,1H3,(H,25,28). The van der Waals surface area contributed by atoms with Crippen LogP contribution < -0.4 is 10.1 Å². The number of carbonyl (C=O) groups is 1. The van der Waals surface area contributed by atoms with Gasteiger partial charge in [0.25, 0.3) is 5.91 Å². The summed E-state index contributed by atoms with van der Waals surface area (Å²) in [7, 11) is 0. The highest BCUT2D eigenvalue weighted by Gasteiger charge is 2.19. The summed E-state index contributed by atoms with van der Waals surface area (Å²) in [6, 6.07) is 14.4. The molecule has 32 heavy (non-hydrogen) atoms. The van der Waals surface area contributed by atoms with E-state index < -0.39 is 10.8 Å². The largest absolute Gasteiger partial charge is 0.487 e. The molecular formula is C22H15BrClN3O5. The SMILES string of the molecule is CCOc1ccc(C(=O)Nc2ccc3oc(-c4cc(Br)ccc4Cl)nc3c2)cc1[N+](=O)[O-]. The lowest BCUT2D eigenvalue weighted by molar-refractivity contribution is -0.385. The summed E-state index contributed by atoms with van der Waals surface area (Å²) >= 11 is 9.66. The Hall–Kier alpha value is -3.43. The molecule has 4 rings (SSSR count). The first-order chi connectivity index (χ1) is 15.4. The number of fused-ring (bicyclic) bond motifs is 1. The Bertz CT molecular complexity index is 1350. The van der Waals surface area contributed by atoms with Gasteiger partial charge in [0.2, 0.25) is 5.89 Å². The zero-order valence-electron chi connectivity index (χ0n) is 16.6. The van der Waals surface area contributed by atoms with Crippen molar-refractivity contribution in [2.45, 2.75) is 6.92 Å². The fourth-order valence-electron chi connectivity index (χ4n) is 3.06. The number of benzene rings is 3. The lowest BCUT2D eigenvalue weighted by Gasteiger charge is -2.07. The molecule has 10 heteroatoms. The van der Waals surface area contributed by atoms with Crippen molar-refractivity contribution in [2.24, 2.45) is 0 Å². The van der Waals surface area contributed by atoms with Crippen LogP contribution in [0.5, 0.6) is 5.75 Å². The molecule has 0 saturated heterocycles. The van der Waals surface area contributed by atoms with E-state index in [4.69, 9.17) is 20.8 Å². The van der Waals surface area contributed by atoms with Gasteiger partial charge in [0.05, 0.1) is 22.1 Å². The van der Waals surface area contributed by atoms with E-state index in [-0.39, 0.29) is 23.6 Å². The number of rotatable bonds is 6. The molecule has 0 aliphatic carbocycles. The van der Waals surface area contributed by atoms with Crippen LogP contribution in [-0.4, -0.2) is 22.4 Å². The van der Waals surface area contributed by atoms with Crippen molar-refractivity contribution in [1.82, 2.24) is 4.98 Å². The molecule has 162 valence electrons. The first-order valence-electron chi connectivity index (χ1n) is 9.44. The summed E-state index contributed by atoms with van der Waals surface area (Å²) in [4.78, 5) is 27.8. The minimum atomic E-state index is -0.585. The maximum absolute atomic E-state index is 12.7. The van der Waals surface area contributed by atoms with Crippen molar-refractivity contribution in [2.75, 3.05) is 11.9 Å². The first kappa shape index (κ1) is 21.8. The van der Waals surface area contributed by atoms with Crippen LogP contribution in [-0.2, 0) is 0 Å². The maximum atomic E-state index is 12.7. The van der Waals surface area contributed by atoms with Crippen molar-refractivity contribution >= 4 is 55.9 Å². The van der Waals surface area contributed by atoms with E-state index in [2.05, 4.69) is 26.2 Å². The lowest BCUT2D eigenvalue weighted by atomic mass is 10.1. The molecule has 8 nitrogen and oxygen atoms in total. The van der Waals surface area contributed by atoms with E-state index in [9.17, 15) is 14.9 Å². The topological polar surface area (TPSA) is 108 Å². The van der Waals surface area contributed by atoms with Gasteiger partial charge in [-0.15, -0.1) is 0 Å². The monoisotopic (exact) mass is 515 g/mol. The molecule has 1 aromatic heterocycles. The van der Waals surface area contributed by atoms with Gasteiger partial charge in [-0.25, -0.2) is 4.98 Å². The van der Waals surface area contributed by atoms with E-state index in [1.165, 1.54) is 18.2 Å². The molecule has 0 bridgehead atoms. The van der Waals surface area contributed by atoms with E-state index >= 15 is 0 Å². The predicted octanol–water partition coefficient (Wildman–Crippen LogP) is 6.47. The van der Waals surface area contributed by atoms with Crippen molar-refractivity contribution in [3.05, 3.63) is 79.8 Å². The lowest BCUT2D eigenvalue weighted by Crippen LogP contribution is -2.12. The van der Waals surface area contributed by atoms with Crippen LogP contribution >= 0.6 is 27.5 Å². The van der Waals surface area contributed by atoms with Gasteiger partial charge in [-0.3, -0.25) is 14.9 Å². The summed E-state index contributed by atoms with van der Waals surface area (Å²) in [6.07, 6.45) is 0.